The third kappa shape index (κ3) is 7.54. The standard InChI is InChI=1S/C9H19N/c1-3-5-7-9-10-8-6-4-2/h6,8,10H,3-5,7,9H2,1-2H3. The average Bonchev–Trinajstić information content (AvgIpc) is 1.97. The van der Waals surface area contributed by atoms with Crippen molar-refractivity contribution in [2.45, 2.75) is 39.5 Å². The second kappa shape index (κ2) is 8.54. The molecule has 0 unspecified atom stereocenters. The largest absolute Gasteiger partial charge is 0.391 e. The van der Waals surface area contributed by atoms with Gasteiger partial charge >= 0.3 is 0 Å². The normalized spacial score (nSPS) is 10.6. The molecule has 1 nitrogen and oxygen atoms in total. The molecule has 0 fully saturated rings. The monoisotopic (exact) mass is 141 g/mol. The number of rotatable bonds is 6. The number of hydrogen-bond acceptors (Lipinski definition) is 1. The van der Waals surface area contributed by atoms with E-state index in [4.69, 9.17) is 0 Å². The summed E-state index contributed by atoms with van der Waals surface area (Å²) in [4.78, 5) is 0. The van der Waals surface area contributed by atoms with Crippen LogP contribution in [0.1, 0.15) is 39.5 Å². The van der Waals surface area contributed by atoms with E-state index >= 15 is 0 Å². The lowest BCUT2D eigenvalue weighted by molar-refractivity contribution is 0.682. The lowest BCUT2D eigenvalue weighted by atomic mass is 10.2. The van der Waals surface area contributed by atoms with Crippen LogP contribution < -0.4 is 5.32 Å². The lowest BCUT2D eigenvalue weighted by Crippen LogP contribution is -2.05. The summed E-state index contributed by atoms with van der Waals surface area (Å²) in [6.07, 6.45) is 9.26. The minimum Gasteiger partial charge on any atom is -0.391 e. The van der Waals surface area contributed by atoms with Crippen LogP contribution in [0.5, 0.6) is 0 Å². The maximum Gasteiger partial charge on any atom is 0.0141 e. The summed E-state index contributed by atoms with van der Waals surface area (Å²) < 4.78 is 0. The molecule has 0 bridgehead atoms. The van der Waals surface area contributed by atoms with E-state index < -0.39 is 0 Å². The third-order valence-electron chi connectivity index (χ3n) is 1.40. The Morgan fingerprint density at radius 1 is 1.20 bits per heavy atom. The molecule has 0 heterocycles. The van der Waals surface area contributed by atoms with Crippen molar-refractivity contribution >= 4 is 0 Å². The van der Waals surface area contributed by atoms with Gasteiger partial charge in [0.05, 0.1) is 0 Å². The molecule has 0 atom stereocenters. The Morgan fingerprint density at radius 3 is 2.60 bits per heavy atom. The summed E-state index contributed by atoms with van der Waals surface area (Å²) in [7, 11) is 0. The molecule has 10 heavy (non-hydrogen) atoms. The molecule has 0 aromatic rings. The van der Waals surface area contributed by atoms with Crippen LogP contribution in [0.3, 0.4) is 0 Å². The second-order valence-electron chi connectivity index (χ2n) is 2.47. The molecule has 0 rings (SSSR count). The topological polar surface area (TPSA) is 12.0 Å². The maximum atomic E-state index is 3.24. The fourth-order valence-corrected chi connectivity index (χ4v) is 0.762. The highest BCUT2D eigenvalue weighted by molar-refractivity contribution is 4.76. The van der Waals surface area contributed by atoms with Crippen molar-refractivity contribution in [1.29, 1.82) is 0 Å². The van der Waals surface area contributed by atoms with Crippen LogP contribution in [0.2, 0.25) is 0 Å². The summed E-state index contributed by atoms with van der Waals surface area (Å²) in [5.41, 5.74) is 0. The Bertz CT molecular complexity index is 76.8. The van der Waals surface area contributed by atoms with Gasteiger partial charge in [-0.25, -0.2) is 0 Å². The highest BCUT2D eigenvalue weighted by Crippen LogP contribution is 1.90. The molecule has 0 spiro atoms. The smallest absolute Gasteiger partial charge is 0.0141 e. The highest BCUT2D eigenvalue weighted by Gasteiger charge is 1.80. The Balaban J connectivity index is 2.83. The Labute approximate surface area is 64.5 Å². The summed E-state index contributed by atoms with van der Waals surface area (Å²) in [5, 5.41) is 3.24. The minimum absolute atomic E-state index is 1.13. The maximum absolute atomic E-state index is 3.24. The van der Waals surface area contributed by atoms with Crippen LogP contribution in [-0.2, 0) is 0 Å². The SMILES string of the molecule is CCC=CNCCCCC. The lowest BCUT2D eigenvalue weighted by Gasteiger charge is -1.97. The zero-order valence-electron chi connectivity index (χ0n) is 7.19. The Kier molecular flexibility index (Phi) is 8.15. The van der Waals surface area contributed by atoms with Crippen LogP contribution in [0, 0.1) is 0 Å². The van der Waals surface area contributed by atoms with Crippen LogP contribution in [0.25, 0.3) is 0 Å². The van der Waals surface area contributed by atoms with Gasteiger partial charge in [0.2, 0.25) is 0 Å². The van der Waals surface area contributed by atoms with Gasteiger partial charge in [-0.15, -0.1) is 0 Å². The quantitative estimate of drug-likeness (QED) is 0.561. The van der Waals surface area contributed by atoms with Crippen molar-refractivity contribution in [3.63, 3.8) is 0 Å². The number of unbranched alkanes of at least 4 members (excludes halogenated alkanes) is 2. The van der Waals surface area contributed by atoms with E-state index in [1.807, 2.05) is 0 Å². The zero-order valence-corrected chi connectivity index (χ0v) is 7.19. The molecule has 1 heteroatoms. The van der Waals surface area contributed by atoms with Crippen molar-refractivity contribution < 1.29 is 0 Å². The fourth-order valence-electron chi connectivity index (χ4n) is 0.762. The summed E-state index contributed by atoms with van der Waals surface area (Å²) in [5.74, 6) is 0. The minimum atomic E-state index is 1.13. The molecule has 0 aromatic carbocycles. The van der Waals surface area contributed by atoms with Crippen molar-refractivity contribution in [3.05, 3.63) is 12.3 Å². The molecule has 0 radical (unpaired) electrons. The van der Waals surface area contributed by atoms with Gasteiger partial charge in [-0.05, 0) is 19.0 Å². The van der Waals surface area contributed by atoms with Crippen molar-refractivity contribution in [2.75, 3.05) is 6.54 Å². The molecule has 0 aromatic heterocycles. The van der Waals surface area contributed by atoms with Crippen LogP contribution in [0.15, 0.2) is 12.3 Å². The third-order valence-corrected chi connectivity index (χ3v) is 1.40. The molecule has 1 N–H and O–H groups in total. The van der Waals surface area contributed by atoms with E-state index in [1.165, 1.54) is 19.3 Å². The zero-order chi connectivity index (χ0) is 7.66. The van der Waals surface area contributed by atoms with Crippen LogP contribution >= 0.6 is 0 Å². The van der Waals surface area contributed by atoms with Gasteiger partial charge in [-0.2, -0.15) is 0 Å². The van der Waals surface area contributed by atoms with E-state index in [0.717, 1.165) is 13.0 Å². The molecule has 0 aliphatic carbocycles. The first-order valence-corrected chi connectivity index (χ1v) is 4.30. The molecule has 0 saturated carbocycles. The average molecular weight is 141 g/mol. The van der Waals surface area contributed by atoms with E-state index in [9.17, 15) is 0 Å². The van der Waals surface area contributed by atoms with Crippen molar-refractivity contribution in [2.24, 2.45) is 0 Å². The molecule has 0 saturated heterocycles. The first kappa shape index (κ1) is 9.54. The van der Waals surface area contributed by atoms with E-state index in [2.05, 4.69) is 31.4 Å². The molecule has 0 aliphatic rings. The molecular formula is C9H19N. The Hall–Kier alpha value is -0.460. The van der Waals surface area contributed by atoms with E-state index in [1.54, 1.807) is 0 Å². The Morgan fingerprint density at radius 2 is 2.00 bits per heavy atom. The van der Waals surface area contributed by atoms with Crippen molar-refractivity contribution in [3.8, 4) is 0 Å². The first-order valence-electron chi connectivity index (χ1n) is 4.30. The van der Waals surface area contributed by atoms with Crippen molar-refractivity contribution in [1.82, 2.24) is 5.32 Å². The number of nitrogens with one attached hydrogen (secondary N) is 1. The molecule has 0 aliphatic heterocycles. The predicted octanol–water partition coefficient (Wildman–Crippen LogP) is 2.69. The van der Waals surface area contributed by atoms with E-state index in [0.29, 0.717) is 0 Å². The van der Waals surface area contributed by atoms with Gasteiger partial charge in [0, 0.05) is 6.54 Å². The van der Waals surface area contributed by atoms with Crippen LogP contribution in [-0.4, -0.2) is 6.54 Å². The van der Waals surface area contributed by atoms with E-state index in [-0.39, 0.29) is 0 Å². The van der Waals surface area contributed by atoms with Gasteiger partial charge in [-0.3, -0.25) is 0 Å². The first-order chi connectivity index (χ1) is 4.91. The number of allylic oxidation sites excluding steroid dienone is 1. The molecular weight excluding hydrogens is 122 g/mol. The summed E-state index contributed by atoms with van der Waals surface area (Å²) in [6.45, 7) is 5.50. The van der Waals surface area contributed by atoms with Gasteiger partial charge in [0.25, 0.3) is 0 Å². The second-order valence-corrected chi connectivity index (χ2v) is 2.47. The molecule has 60 valence electrons. The van der Waals surface area contributed by atoms with Gasteiger partial charge in [0.15, 0.2) is 0 Å². The fraction of sp³-hybridized carbons (Fsp3) is 0.778. The predicted molar refractivity (Wildman–Crippen MR) is 47.0 cm³/mol. The molecule has 0 amide bonds. The van der Waals surface area contributed by atoms with Gasteiger partial charge in [-0.1, -0.05) is 32.8 Å². The van der Waals surface area contributed by atoms with Crippen LogP contribution in [0.4, 0.5) is 0 Å². The highest BCUT2D eigenvalue weighted by atomic mass is 14.8. The number of hydrogen-bond donors (Lipinski definition) is 1. The summed E-state index contributed by atoms with van der Waals surface area (Å²) in [6, 6.07) is 0. The van der Waals surface area contributed by atoms with Gasteiger partial charge < -0.3 is 5.32 Å². The summed E-state index contributed by atoms with van der Waals surface area (Å²) >= 11 is 0. The van der Waals surface area contributed by atoms with Gasteiger partial charge in [0.1, 0.15) is 0 Å².